The van der Waals surface area contributed by atoms with Crippen LogP contribution in [0.3, 0.4) is 0 Å². The van der Waals surface area contributed by atoms with Gasteiger partial charge in [0, 0.05) is 12.5 Å². The summed E-state index contributed by atoms with van der Waals surface area (Å²) in [6, 6.07) is 4.07. The van der Waals surface area contributed by atoms with Gasteiger partial charge in [-0.1, -0.05) is 20.8 Å². The highest BCUT2D eigenvalue weighted by atomic mass is 16.6. The monoisotopic (exact) mass is 236 g/mol. The molecule has 1 atom stereocenters. The summed E-state index contributed by atoms with van der Waals surface area (Å²) in [6.07, 6.45) is 0. The van der Waals surface area contributed by atoms with E-state index in [4.69, 9.17) is 9.47 Å². The Morgan fingerprint density at radius 2 is 1.59 bits per heavy atom. The first-order valence-electron chi connectivity index (χ1n) is 6.17. The van der Waals surface area contributed by atoms with Gasteiger partial charge in [-0.3, -0.25) is 0 Å². The molecule has 1 aliphatic heterocycles. The summed E-state index contributed by atoms with van der Waals surface area (Å²) in [5, 5.41) is 9.33. The van der Waals surface area contributed by atoms with Gasteiger partial charge < -0.3 is 14.6 Å². The lowest BCUT2D eigenvalue weighted by atomic mass is 9.89. The maximum absolute atomic E-state index is 9.33. The molecule has 1 N–H and O–H groups in total. The van der Waals surface area contributed by atoms with E-state index >= 15 is 0 Å². The van der Waals surface area contributed by atoms with Crippen molar-refractivity contribution < 1.29 is 14.6 Å². The molecule has 0 radical (unpaired) electrons. The second-order valence-electron chi connectivity index (χ2n) is 4.86. The van der Waals surface area contributed by atoms with E-state index in [-0.39, 0.29) is 12.5 Å². The molecule has 2 rings (SSSR count). The number of aliphatic hydroxyl groups excluding tert-OH is 1. The SMILES string of the molecule is CC(C)c1cc2c(cc1C(C)CO)OCCO2. The van der Waals surface area contributed by atoms with Crippen LogP contribution in [0.1, 0.15) is 43.7 Å². The molecule has 0 aromatic heterocycles. The molecule has 1 unspecified atom stereocenters. The van der Waals surface area contributed by atoms with Gasteiger partial charge >= 0.3 is 0 Å². The Hall–Kier alpha value is -1.22. The number of ether oxygens (including phenoxy) is 2. The smallest absolute Gasteiger partial charge is 0.161 e. The van der Waals surface area contributed by atoms with Gasteiger partial charge in [0.1, 0.15) is 13.2 Å². The van der Waals surface area contributed by atoms with Crippen LogP contribution in [0.25, 0.3) is 0 Å². The molecule has 0 amide bonds. The molecule has 0 spiro atoms. The summed E-state index contributed by atoms with van der Waals surface area (Å²) >= 11 is 0. The largest absolute Gasteiger partial charge is 0.486 e. The van der Waals surface area contributed by atoms with Crippen LogP contribution in [-0.4, -0.2) is 24.9 Å². The number of fused-ring (bicyclic) bond motifs is 1. The Morgan fingerprint density at radius 1 is 1.06 bits per heavy atom. The maximum atomic E-state index is 9.33. The fourth-order valence-electron chi connectivity index (χ4n) is 2.15. The maximum Gasteiger partial charge on any atom is 0.161 e. The first kappa shape index (κ1) is 12.2. The number of rotatable bonds is 3. The van der Waals surface area contributed by atoms with Crippen molar-refractivity contribution in [2.24, 2.45) is 0 Å². The van der Waals surface area contributed by atoms with Gasteiger partial charge in [0.2, 0.25) is 0 Å². The quantitative estimate of drug-likeness (QED) is 0.877. The van der Waals surface area contributed by atoms with E-state index in [2.05, 4.69) is 19.9 Å². The van der Waals surface area contributed by atoms with Crippen LogP contribution in [0.15, 0.2) is 12.1 Å². The standard InChI is InChI=1S/C14H20O3/c1-9(2)11-6-13-14(17-5-4-16-13)7-12(11)10(3)8-15/h6-7,9-10,15H,4-5,8H2,1-3H3. The number of benzene rings is 1. The normalized spacial score (nSPS) is 16.1. The zero-order valence-corrected chi connectivity index (χ0v) is 10.7. The molecule has 0 aliphatic carbocycles. The lowest BCUT2D eigenvalue weighted by Gasteiger charge is -2.24. The highest BCUT2D eigenvalue weighted by Crippen LogP contribution is 2.38. The third-order valence-electron chi connectivity index (χ3n) is 3.17. The zero-order chi connectivity index (χ0) is 12.4. The average molecular weight is 236 g/mol. The third-order valence-corrected chi connectivity index (χ3v) is 3.17. The van der Waals surface area contributed by atoms with Gasteiger partial charge in [0.05, 0.1) is 0 Å². The average Bonchev–Trinajstić information content (AvgIpc) is 2.36. The Morgan fingerprint density at radius 3 is 2.06 bits per heavy atom. The van der Waals surface area contributed by atoms with Crippen LogP contribution in [0.5, 0.6) is 11.5 Å². The van der Waals surface area contributed by atoms with Crippen molar-refractivity contribution in [2.45, 2.75) is 32.6 Å². The van der Waals surface area contributed by atoms with E-state index in [1.165, 1.54) is 5.56 Å². The summed E-state index contributed by atoms with van der Waals surface area (Å²) in [6.45, 7) is 7.69. The van der Waals surface area contributed by atoms with Crippen molar-refractivity contribution in [3.63, 3.8) is 0 Å². The number of aliphatic hydroxyl groups is 1. The van der Waals surface area contributed by atoms with Crippen molar-refractivity contribution >= 4 is 0 Å². The zero-order valence-electron chi connectivity index (χ0n) is 10.7. The molecule has 17 heavy (non-hydrogen) atoms. The minimum Gasteiger partial charge on any atom is -0.486 e. The Balaban J connectivity index is 2.48. The fraction of sp³-hybridized carbons (Fsp3) is 0.571. The van der Waals surface area contributed by atoms with Crippen molar-refractivity contribution in [1.29, 1.82) is 0 Å². The molecule has 0 bridgehead atoms. The molecule has 1 heterocycles. The molecule has 0 saturated heterocycles. The van der Waals surface area contributed by atoms with Gasteiger partial charge in [-0.2, -0.15) is 0 Å². The topological polar surface area (TPSA) is 38.7 Å². The van der Waals surface area contributed by atoms with Crippen molar-refractivity contribution in [3.05, 3.63) is 23.3 Å². The van der Waals surface area contributed by atoms with E-state index in [0.29, 0.717) is 19.1 Å². The van der Waals surface area contributed by atoms with Gasteiger partial charge in [-0.25, -0.2) is 0 Å². The van der Waals surface area contributed by atoms with Crippen LogP contribution in [0.4, 0.5) is 0 Å². The van der Waals surface area contributed by atoms with E-state index < -0.39 is 0 Å². The van der Waals surface area contributed by atoms with Crippen molar-refractivity contribution in [1.82, 2.24) is 0 Å². The van der Waals surface area contributed by atoms with Crippen LogP contribution in [0, 0.1) is 0 Å². The van der Waals surface area contributed by atoms with Crippen molar-refractivity contribution in [3.8, 4) is 11.5 Å². The molecule has 3 heteroatoms. The van der Waals surface area contributed by atoms with Crippen LogP contribution in [-0.2, 0) is 0 Å². The lowest BCUT2D eigenvalue weighted by molar-refractivity contribution is 0.171. The molecule has 0 fully saturated rings. The van der Waals surface area contributed by atoms with Gasteiger partial charge in [-0.15, -0.1) is 0 Å². The van der Waals surface area contributed by atoms with E-state index in [9.17, 15) is 5.11 Å². The summed E-state index contributed by atoms with van der Waals surface area (Å²) in [7, 11) is 0. The first-order chi connectivity index (χ1) is 8.13. The van der Waals surface area contributed by atoms with Crippen LogP contribution >= 0.6 is 0 Å². The summed E-state index contributed by atoms with van der Waals surface area (Å²) in [5.74, 6) is 2.17. The summed E-state index contributed by atoms with van der Waals surface area (Å²) in [4.78, 5) is 0. The van der Waals surface area contributed by atoms with Crippen LogP contribution < -0.4 is 9.47 Å². The second kappa shape index (κ2) is 4.96. The Bertz CT molecular complexity index is 399. The van der Waals surface area contributed by atoms with E-state index in [0.717, 1.165) is 17.1 Å². The summed E-state index contributed by atoms with van der Waals surface area (Å²) in [5.41, 5.74) is 2.39. The minimum absolute atomic E-state index is 0.128. The first-order valence-corrected chi connectivity index (χ1v) is 6.17. The molecule has 94 valence electrons. The van der Waals surface area contributed by atoms with E-state index in [1.54, 1.807) is 0 Å². The third kappa shape index (κ3) is 2.39. The van der Waals surface area contributed by atoms with Crippen molar-refractivity contribution in [2.75, 3.05) is 19.8 Å². The molecule has 1 aromatic carbocycles. The predicted molar refractivity (Wildman–Crippen MR) is 67.0 cm³/mol. The van der Waals surface area contributed by atoms with Gasteiger partial charge in [0.15, 0.2) is 11.5 Å². The molecular weight excluding hydrogens is 216 g/mol. The van der Waals surface area contributed by atoms with E-state index in [1.807, 2.05) is 13.0 Å². The highest BCUT2D eigenvalue weighted by Gasteiger charge is 2.19. The van der Waals surface area contributed by atoms with Gasteiger partial charge in [0.25, 0.3) is 0 Å². The highest BCUT2D eigenvalue weighted by molar-refractivity contribution is 5.50. The number of hydrogen-bond donors (Lipinski definition) is 1. The Kier molecular flexibility index (Phi) is 3.57. The fourth-order valence-corrected chi connectivity index (χ4v) is 2.15. The summed E-state index contributed by atoms with van der Waals surface area (Å²) < 4.78 is 11.2. The van der Waals surface area contributed by atoms with Gasteiger partial charge in [-0.05, 0) is 29.2 Å². The molecule has 1 aliphatic rings. The molecule has 3 nitrogen and oxygen atoms in total. The predicted octanol–water partition coefficient (Wildman–Crippen LogP) is 2.68. The van der Waals surface area contributed by atoms with Crippen LogP contribution in [0.2, 0.25) is 0 Å². The molecular formula is C14H20O3. The Labute approximate surface area is 102 Å². The molecule has 0 saturated carbocycles. The minimum atomic E-state index is 0.128. The second-order valence-corrected chi connectivity index (χ2v) is 4.86. The lowest BCUT2D eigenvalue weighted by Crippen LogP contribution is -2.17. The molecule has 1 aromatic rings. The number of hydrogen-bond acceptors (Lipinski definition) is 3.